The molecule has 0 saturated heterocycles. The molecular formula is C15H15Cl3S. The zero-order valence-corrected chi connectivity index (χ0v) is 13.5. The van der Waals surface area contributed by atoms with Crippen LogP contribution in [-0.2, 0) is 11.8 Å². The van der Waals surface area contributed by atoms with Crippen molar-refractivity contribution in [2.75, 3.05) is 11.8 Å². The predicted molar refractivity (Wildman–Crippen MR) is 87.2 cm³/mol. The van der Waals surface area contributed by atoms with Crippen molar-refractivity contribution in [3.8, 4) is 0 Å². The van der Waals surface area contributed by atoms with Crippen molar-refractivity contribution >= 4 is 46.1 Å². The van der Waals surface area contributed by atoms with E-state index in [0.717, 1.165) is 17.9 Å². The lowest BCUT2D eigenvalue weighted by molar-refractivity contribution is 0.494. The second kappa shape index (κ2) is 6.99. The van der Waals surface area contributed by atoms with Gasteiger partial charge in [0.15, 0.2) is 0 Å². The molecule has 0 amide bonds. The molecule has 1 aromatic heterocycles. The highest BCUT2D eigenvalue weighted by atomic mass is 35.5. The number of aryl methyl sites for hydroxylation is 1. The van der Waals surface area contributed by atoms with Crippen LogP contribution in [-0.4, -0.2) is 11.8 Å². The summed E-state index contributed by atoms with van der Waals surface area (Å²) in [5.74, 6) is 1.03. The second-order valence-electron chi connectivity index (χ2n) is 4.63. The normalized spacial score (nSPS) is 11.7. The molecule has 19 heavy (non-hydrogen) atoms. The van der Waals surface area contributed by atoms with Crippen molar-refractivity contribution in [1.29, 1.82) is 0 Å². The average molecular weight is 334 g/mol. The van der Waals surface area contributed by atoms with Crippen LogP contribution in [0, 0.1) is 0 Å². The van der Waals surface area contributed by atoms with Gasteiger partial charge in [0.1, 0.15) is 0 Å². The van der Waals surface area contributed by atoms with Gasteiger partial charge < -0.3 is 0 Å². The molecule has 0 aliphatic rings. The highest BCUT2D eigenvalue weighted by molar-refractivity contribution is 7.09. The summed E-state index contributed by atoms with van der Waals surface area (Å²) in [5.41, 5.74) is 0.982. The molecule has 0 atom stereocenters. The first-order valence-corrected chi connectivity index (χ1v) is 8.43. The number of alkyl halides is 2. The van der Waals surface area contributed by atoms with Gasteiger partial charge in [-0.15, -0.1) is 34.5 Å². The maximum Gasteiger partial charge on any atom is 0.0406 e. The molecule has 0 nitrogen and oxygen atoms in total. The quantitative estimate of drug-likeness (QED) is 0.590. The van der Waals surface area contributed by atoms with Gasteiger partial charge in [0, 0.05) is 27.1 Å². The first-order valence-electron chi connectivity index (χ1n) is 6.10. The topological polar surface area (TPSA) is 0 Å². The van der Waals surface area contributed by atoms with E-state index in [1.165, 1.54) is 10.4 Å². The number of rotatable bonds is 6. The van der Waals surface area contributed by atoms with Crippen molar-refractivity contribution in [1.82, 2.24) is 0 Å². The first kappa shape index (κ1) is 15.2. The van der Waals surface area contributed by atoms with Crippen LogP contribution in [0.4, 0.5) is 0 Å². The van der Waals surface area contributed by atoms with E-state index in [1.54, 1.807) is 11.3 Å². The summed E-state index contributed by atoms with van der Waals surface area (Å²) in [4.78, 5) is 1.37. The summed E-state index contributed by atoms with van der Waals surface area (Å²) >= 11 is 20.2. The average Bonchev–Trinajstić information content (AvgIpc) is 2.95. The molecule has 0 aliphatic heterocycles. The number of hydrogen-bond acceptors (Lipinski definition) is 1. The van der Waals surface area contributed by atoms with Crippen LogP contribution in [0.3, 0.4) is 0 Å². The third kappa shape index (κ3) is 3.66. The van der Waals surface area contributed by atoms with E-state index in [-0.39, 0.29) is 5.41 Å². The molecule has 0 radical (unpaired) electrons. The Morgan fingerprint density at radius 2 is 1.68 bits per heavy atom. The fraction of sp³-hybridized carbons (Fsp3) is 0.333. The summed E-state index contributed by atoms with van der Waals surface area (Å²) in [7, 11) is 0. The maximum atomic E-state index is 6.22. The molecule has 0 aliphatic carbocycles. The Balaban J connectivity index is 2.19. The fourth-order valence-electron chi connectivity index (χ4n) is 2.09. The lowest BCUT2D eigenvalue weighted by atomic mass is 9.80. The minimum atomic E-state index is -0.183. The van der Waals surface area contributed by atoms with Crippen molar-refractivity contribution in [3.63, 3.8) is 0 Å². The van der Waals surface area contributed by atoms with E-state index in [9.17, 15) is 0 Å². The summed E-state index contributed by atoms with van der Waals surface area (Å²) in [6.07, 6.45) is 1.95. The van der Waals surface area contributed by atoms with Crippen LogP contribution < -0.4 is 0 Å². The summed E-state index contributed by atoms with van der Waals surface area (Å²) in [6.45, 7) is 0. The van der Waals surface area contributed by atoms with Crippen LogP contribution in [0.1, 0.15) is 16.9 Å². The van der Waals surface area contributed by atoms with Crippen LogP contribution in [0.25, 0.3) is 0 Å². The zero-order valence-electron chi connectivity index (χ0n) is 10.4. The molecule has 1 aromatic carbocycles. The first-order chi connectivity index (χ1) is 9.20. The number of thiophene rings is 1. The van der Waals surface area contributed by atoms with Crippen molar-refractivity contribution in [3.05, 3.63) is 57.2 Å². The molecule has 4 heteroatoms. The molecule has 0 N–H and O–H groups in total. The van der Waals surface area contributed by atoms with Gasteiger partial charge in [-0.1, -0.05) is 29.8 Å². The Hall–Kier alpha value is -0.210. The fourth-order valence-corrected chi connectivity index (χ4v) is 3.79. The van der Waals surface area contributed by atoms with E-state index in [2.05, 4.69) is 17.5 Å². The van der Waals surface area contributed by atoms with E-state index in [1.807, 2.05) is 24.3 Å². The molecule has 0 unspecified atom stereocenters. The van der Waals surface area contributed by atoms with Crippen molar-refractivity contribution in [2.24, 2.45) is 0 Å². The van der Waals surface area contributed by atoms with Crippen LogP contribution in [0.5, 0.6) is 0 Å². The summed E-state index contributed by atoms with van der Waals surface area (Å²) < 4.78 is 0. The van der Waals surface area contributed by atoms with Crippen molar-refractivity contribution < 1.29 is 0 Å². The van der Waals surface area contributed by atoms with Gasteiger partial charge in [0.2, 0.25) is 0 Å². The van der Waals surface area contributed by atoms with Gasteiger partial charge in [-0.2, -0.15) is 0 Å². The van der Waals surface area contributed by atoms with E-state index in [0.29, 0.717) is 11.8 Å². The SMILES string of the molecule is ClCC(CCl)(CCc1cccs1)c1ccc(Cl)cc1. The molecule has 0 bridgehead atoms. The largest absolute Gasteiger partial charge is 0.149 e. The number of benzene rings is 1. The lowest BCUT2D eigenvalue weighted by Gasteiger charge is -2.30. The number of hydrogen-bond donors (Lipinski definition) is 0. The highest BCUT2D eigenvalue weighted by Gasteiger charge is 2.30. The third-order valence-electron chi connectivity index (χ3n) is 3.40. The Kier molecular flexibility index (Phi) is 5.58. The Morgan fingerprint density at radius 3 is 2.21 bits per heavy atom. The van der Waals surface area contributed by atoms with Crippen LogP contribution >= 0.6 is 46.1 Å². The molecule has 1 heterocycles. The molecule has 2 rings (SSSR count). The minimum absolute atomic E-state index is 0.183. The molecular weight excluding hydrogens is 319 g/mol. The van der Waals surface area contributed by atoms with Gasteiger partial charge >= 0.3 is 0 Å². The van der Waals surface area contributed by atoms with Gasteiger partial charge in [0.05, 0.1) is 0 Å². The monoisotopic (exact) mass is 332 g/mol. The Bertz CT molecular complexity index is 487. The standard InChI is InChI=1S/C15H15Cl3S/c16-10-15(11-17,8-7-14-2-1-9-19-14)12-3-5-13(18)6-4-12/h1-6,9H,7-8,10-11H2. The van der Waals surface area contributed by atoms with E-state index >= 15 is 0 Å². The summed E-state index contributed by atoms with van der Waals surface area (Å²) in [6, 6.07) is 12.1. The smallest absolute Gasteiger partial charge is 0.0406 e. The van der Waals surface area contributed by atoms with Gasteiger partial charge in [-0.05, 0) is 42.0 Å². The molecule has 0 fully saturated rings. The van der Waals surface area contributed by atoms with E-state index in [4.69, 9.17) is 34.8 Å². The van der Waals surface area contributed by atoms with E-state index < -0.39 is 0 Å². The maximum absolute atomic E-state index is 6.22. The highest BCUT2D eigenvalue weighted by Crippen LogP contribution is 2.33. The Labute approximate surface area is 133 Å². The molecule has 0 saturated carbocycles. The van der Waals surface area contributed by atoms with Gasteiger partial charge in [-0.25, -0.2) is 0 Å². The Morgan fingerprint density at radius 1 is 1.00 bits per heavy atom. The van der Waals surface area contributed by atoms with Gasteiger partial charge in [-0.3, -0.25) is 0 Å². The van der Waals surface area contributed by atoms with Crippen LogP contribution in [0.2, 0.25) is 5.02 Å². The predicted octanol–water partition coefficient (Wildman–Crippen LogP) is 5.75. The minimum Gasteiger partial charge on any atom is -0.149 e. The molecule has 102 valence electrons. The second-order valence-corrected chi connectivity index (χ2v) is 6.64. The lowest BCUT2D eigenvalue weighted by Crippen LogP contribution is -2.31. The zero-order chi connectivity index (χ0) is 13.7. The molecule has 0 spiro atoms. The van der Waals surface area contributed by atoms with Gasteiger partial charge in [0.25, 0.3) is 0 Å². The van der Waals surface area contributed by atoms with Crippen molar-refractivity contribution in [2.45, 2.75) is 18.3 Å². The molecule has 2 aromatic rings. The van der Waals surface area contributed by atoms with Crippen LogP contribution in [0.15, 0.2) is 41.8 Å². The summed E-state index contributed by atoms with van der Waals surface area (Å²) in [5, 5.41) is 2.83. The number of halogens is 3. The third-order valence-corrected chi connectivity index (χ3v) is 5.61.